The highest BCUT2D eigenvalue weighted by molar-refractivity contribution is 8.14. The van der Waals surface area contributed by atoms with Gasteiger partial charge >= 0.3 is 0 Å². The van der Waals surface area contributed by atoms with Gasteiger partial charge in [-0.1, -0.05) is 37.2 Å². The van der Waals surface area contributed by atoms with E-state index >= 15 is 0 Å². The van der Waals surface area contributed by atoms with Crippen molar-refractivity contribution in [2.45, 2.75) is 13.8 Å². The highest BCUT2D eigenvalue weighted by atomic mass is 35.5. The Morgan fingerprint density at radius 2 is 2.24 bits per heavy atom. The molecule has 0 radical (unpaired) electrons. The molecule has 92 valence electrons. The molecule has 2 rings (SSSR count). The van der Waals surface area contributed by atoms with Crippen LogP contribution >= 0.6 is 23.4 Å². The maximum atomic E-state index is 13.0. The van der Waals surface area contributed by atoms with Crippen LogP contribution < -0.4 is 5.32 Å². The maximum absolute atomic E-state index is 13.0. The Morgan fingerprint density at radius 3 is 2.82 bits per heavy atom. The molecule has 1 heterocycles. The van der Waals surface area contributed by atoms with Gasteiger partial charge in [0.2, 0.25) is 0 Å². The number of anilines is 1. The van der Waals surface area contributed by atoms with Gasteiger partial charge in [0.25, 0.3) is 0 Å². The number of nitrogens with one attached hydrogen (secondary N) is 1. The van der Waals surface area contributed by atoms with E-state index in [1.54, 1.807) is 23.9 Å². The Hall–Kier alpha value is -0.740. The highest BCUT2D eigenvalue weighted by Gasteiger charge is 2.23. The Labute approximate surface area is 110 Å². The van der Waals surface area contributed by atoms with E-state index in [-0.39, 0.29) is 10.4 Å². The molecule has 0 saturated carbocycles. The van der Waals surface area contributed by atoms with Crippen molar-refractivity contribution >= 4 is 34.2 Å². The molecule has 0 saturated heterocycles. The summed E-state index contributed by atoms with van der Waals surface area (Å²) in [6.07, 6.45) is 0. The van der Waals surface area contributed by atoms with Crippen molar-refractivity contribution < 1.29 is 4.39 Å². The standard InChI is InChI=1S/C12H14ClFN2S/c1-12(2)6-15-11(17-7-12)16-8-3-4-10(14)9(13)5-8/h3-5H,6-7H2,1-2H3,(H,15,16). The van der Waals surface area contributed by atoms with Crippen LogP contribution in [0.5, 0.6) is 0 Å². The zero-order chi connectivity index (χ0) is 12.5. The van der Waals surface area contributed by atoms with Gasteiger partial charge in [0, 0.05) is 18.0 Å². The number of thioether (sulfide) groups is 1. The van der Waals surface area contributed by atoms with Crippen LogP contribution in [0.4, 0.5) is 10.1 Å². The lowest BCUT2D eigenvalue weighted by Crippen LogP contribution is -2.27. The van der Waals surface area contributed by atoms with Gasteiger partial charge in [0.1, 0.15) is 5.82 Å². The summed E-state index contributed by atoms with van der Waals surface area (Å²) in [5, 5.41) is 4.14. The highest BCUT2D eigenvalue weighted by Crippen LogP contribution is 2.29. The summed E-state index contributed by atoms with van der Waals surface area (Å²) in [7, 11) is 0. The number of benzene rings is 1. The topological polar surface area (TPSA) is 24.4 Å². The van der Waals surface area contributed by atoms with E-state index in [1.165, 1.54) is 6.07 Å². The molecule has 1 N–H and O–H groups in total. The summed E-state index contributed by atoms with van der Waals surface area (Å²) in [5.74, 6) is 0.616. The number of nitrogens with zero attached hydrogens (tertiary/aromatic N) is 1. The third kappa shape index (κ3) is 3.36. The molecule has 0 aliphatic carbocycles. The van der Waals surface area contributed by atoms with Gasteiger partial charge in [-0.25, -0.2) is 4.39 Å². The van der Waals surface area contributed by atoms with Crippen LogP contribution in [-0.2, 0) is 0 Å². The van der Waals surface area contributed by atoms with Gasteiger partial charge in [0.05, 0.1) is 5.02 Å². The molecule has 0 bridgehead atoms. The van der Waals surface area contributed by atoms with Crippen LogP contribution in [0.1, 0.15) is 13.8 Å². The van der Waals surface area contributed by atoms with E-state index in [9.17, 15) is 4.39 Å². The monoisotopic (exact) mass is 272 g/mol. The van der Waals surface area contributed by atoms with Crippen LogP contribution in [0.2, 0.25) is 5.02 Å². The first-order valence-electron chi connectivity index (χ1n) is 5.36. The quantitative estimate of drug-likeness (QED) is 0.835. The molecule has 17 heavy (non-hydrogen) atoms. The SMILES string of the molecule is CC1(C)CN=C(Nc2ccc(F)c(Cl)c2)SC1. The number of rotatable bonds is 1. The molecule has 2 nitrogen and oxygen atoms in total. The van der Waals surface area contributed by atoms with Crippen molar-refractivity contribution in [2.75, 3.05) is 17.6 Å². The van der Waals surface area contributed by atoms with Crippen LogP contribution in [0, 0.1) is 11.2 Å². The van der Waals surface area contributed by atoms with Gasteiger partial charge in [-0.3, -0.25) is 4.99 Å². The summed E-state index contributed by atoms with van der Waals surface area (Å²) < 4.78 is 13.0. The molecule has 0 atom stereocenters. The number of amidine groups is 1. The first-order chi connectivity index (χ1) is 7.96. The predicted molar refractivity (Wildman–Crippen MR) is 73.6 cm³/mol. The van der Waals surface area contributed by atoms with Crippen molar-refractivity contribution in [3.8, 4) is 0 Å². The minimum Gasteiger partial charge on any atom is -0.335 e. The normalized spacial score (nSPS) is 18.7. The lowest BCUT2D eigenvalue weighted by atomic mass is 9.97. The molecular formula is C12H14ClFN2S. The molecule has 1 aromatic rings. The van der Waals surface area contributed by atoms with Gasteiger partial charge in [-0.2, -0.15) is 0 Å². The third-order valence-corrected chi connectivity index (χ3v) is 4.14. The summed E-state index contributed by atoms with van der Waals surface area (Å²) in [5.41, 5.74) is 1.01. The molecule has 0 aromatic heterocycles. The Morgan fingerprint density at radius 1 is 1.47 bits per heavy atom. The number of hydrogen-bond acceptors (Lipinski definition) is 3. The molecule has 0 unspecified atom stereocenters. The molecule has 1 aliphatic rings. The summed E-state index contributed by atoms with van der Waals surface area (Å²) in [6.45, 7) is 5.18. The van der Waals surface area contributed by atoms with Crippen molar-refractivity contribution in [1.29, 1.82) is 0 Å². The second-order valence-electron chi connectivity index (χ2n) is 4.83. The van der Waals surface area contributed by atoms with Gasteiger partial charge in [0.15, 0.2) is 5.17 Å². The summed E-state index contributed by atoms with van der Waals surface area (Å²) in [4.78, 5) is 4.46. The average molecular weight is 273 g/mol. The van der Waals surface area contributed by atoms with Crippen LogP contribution in [0.25, 0.3) is 0 Å². The molecule has 0 spiro atoms. The number of halogens is 2. The van der Waals surface area contributed by atoms with Crippen LogP contribution in [-0.4, -0.2) is 17.5 Å². The fourth-order valence-corrected chi connectivity index (χ4v) is 2.56. The fraction of sp³-hybridized carbons (Fsp3) is 0.417. The van der Waals surface area contributed by atoms with E-state index < -0.39 is 5.82 Å². The van der Waals surface area contributed by atoms with Crippen molar-refractivity contribution in [2.24, 2.45) is 10.4 Å². The molecule has 1 aliphatic heterocycles. The largest absolute Gasteiger partial charge is 0.335 e. The van der Waals surface area contributed by atoms with Crippen molar-refractivity contribution in [1.82, 2.24) is 0 Å². The predicted octanol–water partition coefficient (Wildman–Crippen LogP) is 4.02. The molecule has 1 aromatic carbocycles. The van der Waals surface area contributed by atoms with E-state index in [1.807, 2.05) is 0 Å². The van der Waals surface area contributed by atoms with Crippen molar-refractivity contribution in [3.63, 3.8) is 0 Å². The van der Waals surface area contributed by atoms with E-state index in [0.717, 1.165) is 23.2 Å². The van der Waals surface area contributed by atoms with E-state index in [0.29, 0.717) is 0 Å². The Balaban J connectivity index is 2.07. The van der Waals surface area contributed by atoms with Gasteiger partial charge in [-0.05, 0) is 23.6 Å². The number of aliphatic imine (C=N–C) groups is 1. The smallest absolute Gasteiger partial charge is 0.161 e. The zero-order valence-electron chi connectivity index (χ0n) is 9.76. The first-order valence-corrected chi connectivity index (χ1v) is 6.72. The van der Waals surface area contributed by atoms with Gasteiger partial charge in [-0.15, -0.1) is 0 Å². The van der Waals surface area contributed by atoms with E-state index in [4.69, 9.17) is 11.6 Å². The second-order valence-corrected chi connectivity index (χ2v) is 6.20. The molecule has 5 heteroatoms. The van der Waals surface area contributed by atoms with Crippen LogP contribution in [0.3, 0.4) is 0 Å². The second kappa shape index (κ2) is 4.86. The molecule has 0 fully saturated rings. The Kier molecular flexibility index (Phi) is 3.64. The van der Waals surface area contributed by atoms with E-state index in [2.05, 4.69) is 24.2 Å². The first kappa shape index (κ1) is 12.7. The minimum absolute atomic E-state index is 0.122. The lowest BCUT2D eigenvalue weighted by Gasteiger charge is -2.27. The Bertz CT molecular complexity index is 460. The average Bonchev–Trinajstić information content (AvgIpc) is 2.27. The minimum atomic E-state index is -0.406. The summed E-state index contributed by atoms with van der Waals surface area (Å²) >= 11 is 7.39. The lowest BCUT2D eigenvalue weighted by molar-refractivity contribution is 0.438. The maximum Gasteiger partial charge on any atom is 0.161 e. The van der Waals surface area contributed by atoms with Crippen LogP contribution in [0.15, 0.2) is 23.2 Å². The van der Waals surface area contributed by atoms with Crippen molar-refractivity contribution in [3.05, 3.63) is 29.0 Å². The third-order valence-electron chi connectivity index (χ3n) is 2.42. The summed E-state index contributed by atoms with van der Waals surface area (Å²) in [6, 6.07) is 4.58. The molecular weight excluding hydrogens is 259 g/mol. The fourth-order valence-electron chi connectivity index (χ4n) is 1.41. The van der Waals surface area contributed by atoms with Gasteiger partial charge < -0.3 is 5.32 Å². The number of hydrogen-bond donors (Lipinski definition) is 1. The molecule has 0 amide bonds. The zero-order valence-corrected chi connectivity index (χ0v) is 11.3.